The molecule has 1 atom stereocenters. The Bertz CT molecular complexity index is 829. The van der Waals surface area contributed by atoms with Gasteiger partial charge in [0, 0.05) is 21.9 Å². The molecule has 1 aromatic heterocycles. The normalized spacial score (nSPS) is 16.6. The number of amides is 1. The number of H-pyrrole nitrogens is 1. The molecular weight excluding hydrogens is 327 g/mol. The summed E-state index contributed by atoms with van der Waals surface area (Å²) in [4.78, 5) is 28.4. The Balaban J connectivity index is 1.88. The van der Waals surface area contributed by atoms with Gasteiger partial charge in [-0.3, -0.25) is 9.59 Å². The second-order valence-corrected chi connectivity index (χ2v) is 7.16. The van der Waals surface area contributed by atoms with Gasteiger partial charge in [-0.15, -0.1) is 11.8 Å². The van der Waals surface area contributed by atoms with Gasteiger partial charge >= 0.3 is 0 Å². The number of aromatic nitrogens is 1. The molecule has 2 aromatic rings. The SMILES string of the molecule is CC(=O)c1c(C)[nH]c(C(=O)NC2CCSc3ccc(F)cc32)c1C. The summed E-state index contributed by atoms with van der Waals surface area (Å²) >= 11 is 1.67. The number of Topliss-reactive ketones (excluding diaryl/α,β-unsaturated/α-hetero) is 1. The number of thioether (sulfide) groups is 1. The van der Waals surface area contributed by atoms with Crippen LogP contribution >= 0.6 is 11.8 Å². The van der Waals surface area contributed by atoms with Crippen molar-refractivity contribution >= 4 is 23.5 Å². The van der Waals surface area contributed by atoms with Gasteiger partial charge in [-0.25, -0.2) is 4.39 Å². The zero-order valence-electron chi connectivity index (χ0n) is 13.8. The molecule has 2 N–H and O–H groups in total. The maximum atomic E-state index is 13.6. The lowest BCUT2D eigenvalue weighted by Gasteiger charge is -2.26. The largest absolute Gasteiger partial charge is 0.354 e. The fraction of sp³-hybridized carbons (Fsp3) is 0.333. The minimum atomic E-state index is -0.304. The van der Waals surface area contributed by atoms with Crippen LogP contribution in [0.5, 0.6) is 0 Å². The first-order valence-corrected chi connectivity index (χ1v) is 8.80. The molecule has 0 saturated heterocycles. The number of hydrogen-bond donors (Lipinski definition) is 2. The number of hydrogen-bond acceptors (Lipinski definition) is 3. The molecule has 0 spiro atoms. The minimum Gasteiger partial charge on any atom is -0.354 e. The Morgan fingerprint density at radius 3 is 2.75 bits per heavy atom. The lowest BCUT2D eigenvalue weighted by molar-refractivity contribution is 0.0929. The van der Waals surface area contributed by atoms with Crippen molar-refractivity contribution in [3.63, 3.8) is 0 Å². The first-order chi connectivity index (χ1) is 11.4. The van der Waals surface area contributed by atoms with Gasteiger partial charge in [0.2, 0.25) is 0 Å². The topological polar surface area (TPSA) is 62.0 Å². The zero-order chi connectivity index (χ0) is 17.4. The van der Waals surface area contributed by atoms with Crippen molar-refractivity contribution in [2.75, 3.05) is 5.75 Å². The van der Waals surface area contributed by atoms with Gasteiger partial charge in [-0.05, 0) is 56.5 Å². The Hall–Kier alpha value is -2.08. The van der Waals surface area contributed by atoms with Gasteiger partial charge < -0.3 is 10.3 Å². The molecule has 1 aliphatic rings. The molecule has 1 amide bonds. The molecule has 3 rings (SSSR count). The van der Waals surface area contributed by atoms with Gasteiger partial charge in [0.1, 0.15) is 11.5 Å². The van der Waals surface area contributed by atoms with E-state index in [4.69, 9.17) is 0 Å². The molecule has 0 saturated carbocycles. The smallest absolute Gasteiger partial charge is 0.268 e. The average Bonchev–Trinajstić information content (AvgIpc) is 2.82. The highest BCUT2D eigenvalue weighted by Crippen LogP contribution is 2.36. The summed E-state index contributed by atoms with van der Waals surface area (Å²) in [6.07, 6.45) is 0.741. The van der Waals surface area contributed by atoms with Crippen LogP contribution in [0.3, 0.4) is 0 Å². The fourth-order valence-corrected chi connectivity index (χ4v) is 4.36. The van der Waals surface area contributed by atoms with E-state index in [1.165, 1.54) is 19.1 Å². The molecule has 1 unspecified atom stereocenters. The third kappa shape index (κ3) is 2.98. The fourth-order valence-electron chi connectivity index (χ4n) is 3.25. The summed E-state index contributed by atoms with van der Waals surface area (Å²) in [5, 5.41) is 2.98. The Morgan fingerprint density at radius 1 is 1.33 bits per heavy atom. The molecule has 1 aliphatic heterocycles. The highest BCUT2D eigenvalue weighted by molar-refractivity contribution is 7.99. The second kappa shape index (κ2) is 6.43. The molecule has 0 fully saturated rings. The second-order valence-electron chi connectivity index (χ2n) is 6.03. The number of nitrogens with one attached hydrogen (secondary N) is 2. The third-order valence-electron chi connectivity index (χ3n) is 4.33. The van der Waals surface area contributed by atoms with E-state index in [9.17, 15) is 14.0 Å². The summed E-state index contributed by atoms with van der Waals surface area (Å²) in [5.74, 6) is 0.226. The molecule has 0 radical (unpaired) electrons. The van der Waals surface area contributed by atoms with E-state index < -0.39 is 0 Å². The van der Waals surface area contributed by atoms with Crippen molar-refractivity contribution in [3.05, 3.63) is 52.1 Å². The van der Waals surface area contributed by atoms with Gasteiger partial charge in [0.05, 0.1) is 6.04 Å². The molecule has 0 aliphatic carbocycles. The van der Waals surface area contributed by atoms with Crippen LogP contribution in [0.2, 0.25) is 0 Å². The van der Waals surface area contributed by atoms with Crippen molar-refractivity contribution in [2.24, 2.45) is 0 Å². The Morgan fingerprint density at radius 2 is 2.08 bits per heavy atom. The lowest BCUT2D eigenvalue weighted by Crippen LogP contribution is -2.31. The Kier molecular flexibility index (Phi) is 4.49. The van der Waals surface area contributed by atoms with Crippen LogP contribution in [0.25, 0.3) is 0 Å². The van der Waals surface area contributed by atoms with Crippen molar-refractivity contribution in [1.29, 1.82) is 0 Å². The maximum absolute atomic E-state index is 13.6. The number of ketones is 1. The van der Waals surface area contributed by atoms with Gasteiger partial charge in [0.25, 0.3) is 5.91 Å². The number of fused-ring (bicyclic) bond motifs is 1. The van der Waals surface area contributed by atoms with E-state index in [2.05, 4.69) is 10.3 Å². The molecule has 2 heterocycles. The molecule has 126 valence electrons. The van der Waals surface area contributed by atoms with E-state index >= 15 is 0 Å². The summed E-state index contributed by atoms with van der Waals surface area (Å²) in [6, 6.07) is 4.45. The van der Waals surface area contributed by atoms with E-state index in [0.29, 0.717) is 22.5 Å². The van der Waals surface area contributed by atoms with Crippen LogP contribution in [-0.2, 0) is 0 Å². The first-order valence-electron chi connectivity index (χ1n) is 7.81. The van der Waals surface area contributed by atoms with E-state index in [1.54, 1.807) is 31.7 Å². The summed E-state index contributed by atoms with van der Waals surface area (Å²) in [6.45, 7) is 5.03. The molecular formula is C18H19FN2O2S. The summed E-state index contributed by atoms with van der Waals surface area (Å²) in [5.41, 5.74) is 3.12. The standard InChI is InChI=1S/C18H19FN2O2S/c1-9-16(11(3)22)10(2)20-17(9)18(23)21-14-6-7-24-15-5-4-12(19)8-13(14)15/h4-5,8,14,20H,6-7H2,1-3H3,(H,21,23). The van der Waals surface area contributed by atoms with Gasteiger partial charge in [0.15, 0.2) is 5.78 Å². The van der Waals surface area contributed by atoms with Crippen LogP contribution < -0.4 is 5.32 Å². The van der Waals surface area contributed by atoms with Crippen molar-refractivity contribution in [2.45, 2.75) is 38.1 Å². The van der Waals surface area contributed by atoms with Gasteiger partial charge in [-0.2, -0.15) is 0 Å². The highest BCUT2D eigenvalue weighted by Gasteiger charge is 2.26. The number of carbonyl (C=O) groups is 2. The number of aromatic amines is 1. The van der Waals surface area contributed by atoms with Crippen molar-refractivity contribution in [3.8, 4) is 0 Å². The predicted molar refractivity (Wildman–Crippen MR) is 92.2 cm³/mol. The number of halogens is 1. The van der Waals surface area contributed by atoms with E-state index in [-0.39, 0.29) is 23.5 Å². The molecule has 0 bridgehead atoms. The van der Waals surface area contributed by atoms with Crippen LogP contribution in [0.4, 0.5) is 4.39 Å². The summed E-state index contributed by atoms with van der Waals surface area (Å²) < 4.78 is 13.6. The maximum Gasteiger partial charge on any atom is 0.268 e. The zero-order valence-corrected chi connectivity index (χ0v) is 14.6. The van der Waals surface area contributed by atoms with Crippen molar-refractivity contribution in [1.82, 2.24) is 10.3 Å². The van der Waals surface area contributed by atoms with Crippen LogP contribution in [-0.4, -0.2) is 22.4 Å². The number of aryl methyl sites for hydroxylation is 1. The highest BCUT2D eigenvalue weighted by atomic mass is 32.2. The molecule has 1 aromatic carbocycles. The lowest BCUT2D eigenvalue weighted by atomic mass is 10.0. The molecule has 4 nitrogen and oxygen atoms in total. The van der Waals surface area contributed by atoms with Crippen molar-refractivity contribution < 1.29 is 14.0 Å². The molecule has 24 heavy (non-hydrogen) atoms. The first kappa shape index (κ1) is 16.8. The Labute approximate surface area is 144 Å². The number of carbonyl (C=O) groups excluding carboxylic acids is 2. The van der Waals surface area contributed by atoms with E-state index in [1.807, 2.05) is 0 Å². The van der Waals surface area contributed by atoms with Crippen LogP contribution in [0.1, 0.15) is 57.1 Å². The quantitative estimate of drug-likeness (QED) is 0.828. The van der Waals surface area contributed by atoms with Gasteiger partial charge in [-0.1, -0.05) is 0 Å². The monoisotopic (exact) mass is 346 g/mol. The van der Waals surface area contributed by atoms with E-state index in [0.717, 1.165) is 22.6 Å². The number of rotatable bonds is 3. The van der Waals surface area contributed by atoms with Crippen LogP contribution in [0.15, 0.2) is 23.1 Å². The minimum absolute atomic E-state index is 0.0678. The number of benzene rings is 1. The van der Waals surface area contributed by atoms with Crippen LogP contribution in [0, 0.1) is 19.7 Å². The average molecular weight is 346 g/mol. The predicted octanol–water partition coefficient (Wildman–Crippen LogP) is 3.94. The molecule has 6 heteroatoms. The third-order valence-corrected chi connectivity index (χ3v) is 5.46. The summed E-state index contributed by atoms with van der Waals surface area (Å²) in [7, 11) is 0.